The van der Waals surface area contributed by atoms with E-state index in [4.69, 9.17) is 5.11 Å². The summed E-state index contributed by atoms with van der Waals surface area (Å²) in [5, 5.41) is 11.9. The highest BCUT2D eigenvalue weighted by Gasteiger charge is 2.13. The Balaban J connectivity index is 2.59. The van der Waals surface area contributed by atoms with E-state index in [1.165, 1.54) is 6.08 Å². The van der Waals surface area contributed by atoms with Gasteiger partial charge in [0.25, 0.3) is 0 Å². The van der Waals surface area contributed by atoms with Crippen LogP contribution in [0.3, 0.4) is 0 Å². The predicted molar refractivity (Wildman–Crippen MR) is 81.6 cm³/mol. The van der Waals surface area contributed by atoms with Crippen molar-refractivity contribution >= 4 is 27.9 Å². The smallest absolute Gasteiger partial charge is 0.244 e. The fourth-order valence-corrected chi connectivity index (χ4v) is 2.14. The summed E-state index contributed by atoms with van der Waals surface area (Å²) in [4.78, 5) is 11.8. The van der Waals surface area contributed by atoms with Crippen molar-refractivity contribution in [2.75, 3.05) is 6.61 Å². The van der Waals surface area contributed by atoms with Crippen LogP contribution in [0.15, 0.2) is 34.8 Å². The number of benzene rings is 1. The first-order valence-corrected chi connectivity index (χ1v) is 7.17. The topological polar surface area (TPSA) is 49.3 Å². The summed E-state index contributed by atoms with van der Waals surface area (Å²) in [6.07, 6.45) is 3.87. The number of carbonyl (C=O) groups is 1. The van der Waals surface area contributed by atoms with Gasteiger partial charge in [-0.05, 0) is 36.1 Å². The Morgan fingerprint density at radius 3 is 2.79 bits per heavy atom. The standard InChI is InChI=1S/C15H20BrNO2/c1-11(2)14(8-9-18)17-15(19)7-6-12-4-3-5-13(16)10-12/h3-7,10-11,14,18H,8-9H2,1-2H3,(H,17,19)/b7-6+. The van der Waals surface area contributed by atoms with Crippen molar-refractivity contribution in [3.8, 4) is 0 Å². The van der Waals surface area contributed by atoms with Gasteiger partial charge in [0.15, 0.2) is 0 Å². The summed E-state index contributed by atoms with van der Waals surface area (Å²) >= 11 is 3.39. The molecule has 0 aromatic heterocycles. The number of nitrogens with one attached hydrogen (secondary N) is 1. The van der Waals surface area contributed by atoms with E-state index < -0.39 is 0 Å². The van der Waals surface area contributed by atoms with E-state index in [-0.39, 0.29) is 18.6 Å². The predicted octanol–water partition coefficient (Wildman–Crippen LogP) is 2.99. The van der Waals surface area contributed by atoms with Crippen LogP contribution in [-0.2, 0) is 4.79 Å². The summed E-state index contributed by atoms with van der Waals surface area (Å²) in [5.41, 5.74) is 0.966. The third kappa shape index (κ3) is 6.03. The second-order valence-corrected chi connectivity index (χ2v) is 5.68. The third-order valence-corrected chi connectivity index (χ3v) is 3.34. The molecule has 1 amide bonds. The first-order chi connectivity index (χ1) is 9.02. The second-order valence-electron chi connectivity index (χ2n) is 4.76. The molecule has 0 fully saturated rings. The molecule has 0 spiro atoms. The van der Waals surface area contributed by atoms with Crippen LogP contribution in [0.2, 0.25) is 0 Å². The fraction of sp³-hybridized carbons (Fsp3) is 0.400. The summed E-state index contributed by atoms with van der Waals surface area (Å²) in [7, 11) is 0. The average molecular weight is 326 g/mol. The Hall–Kier alpha value is -1.13. The lowest BCUT2D eigenvalue weighted by molar-refractivity contribution is -0.117. The van der Waals surface area contributed by atoms with Gasteiger partial charge in [-0.15, -0.1) is 0 Å². The summed E-state index contributed by atoms with van der Waals surface area (Å²) in [5.74, 6) is 0.169. The monoisotopic (exact) mass is 325 g/mol. The van der Waals surface area contributed by atoms with Gasteiger partial charge in [0.1, 0.15) is 0 Å². The number of hydrogen-bond donors (Lipinski definition) is 2. The maximum Gasteiger partial charge on any atom is 0.244 e. The van der Waals surface area contributed by atoms with Gasteiger partial charge >= 0.3 is 0 Å². The largest absolute Gasteiger partial charge is 0.396 e. The molecule has 0 saturated heterocycles. The Morgan fingerprint density at radius 2 is 2.21 bits per heavy atom. The fourth-order valence-electron chi connectivity index (χ4n) is 1.72. The molecular weight excluding hydrogens is 306 g/mol. The van der Waals surface area contributed by atoms with E-state index in [9.17, 15) is 4.79 Å². The molecule has 2 N–H and O–H groups in total. The van der Waals surface area contributed by atoms with Crippen molar-refractivity contribution in [3.63, 3.8) is 0 Å². The highest BCUT2D eigenvalue weighted by atomic mass is 79.9. The second kappa shape index (κ2) is 8.12. The van der Waals surface area contributed by atoms with Crippen molar-refractivity contribution in [2.24, 2.45) is 5.92 Å². The Labute approximate surface area is 122 Å². The van der Waals surface area contributed by atoms with Crippen molar-refractivity contribution in [2.45, 2.75) is 26.3 Å². The third-order valence-electron chi connectivity index (χ3n) is 2.85. The Morgan fingerprint density at radius 1 is 1.47 bits per heavy atom. The van der Waals surface area contributed by atoms with Gasteiger partial charge in [-0.2, -0.15) is 0 Å². The van der Waals surface area contributed by atoms with E-state index in [1.54, 1.807) is 6.08 Å². The zero-order valence-corrected chi connectivity index (χ0v) is 12.9. The van der Waals surface area contributed by atoms with E-state index in [2.05, 4.69) is 21.2 Å². The molecule has 0 aliphatic heterocycles. The quantitative estimate of drug-likeness (QED) is 0.790. The van der Waals surface area contributed by atoms with Crippen molar-refractivity contribution in [1.29, 1.82) is 0 Å². The van der Waals surface area contributed by atoms with Gasteiger partial charge in [-0.3, -0.25) is 4.79 Å². The van der Waals surface area contributed by atoms with Gasteiger partial charge in [-0.25, -0.2) is 0 Å². The molecule has 4 heteroatoms. The SMILES string of the molecule is CC(C)C(CCO)NC(=O)/C=C/c1cccc(Br)c1. The summed E-state index contributed by atoms with van der Waals surface area (Å²) in [6.45, 7) is 4.13. The molecule has 104 valence electrons. The number of carbonyl (C=O) groups excluding carboxylic acids is 1. The van der Waals surface area contributed by atoms with E-state index >= 15 is 0 Å². The number of aliphatic hydroxyl groups excluding tert-OH is 1. The van der Waals surface area contributed by atoms with Gasteiger partial charge < -0.3 is 10.4 Å². The first-order valence-electron chi connectivity index (χ1n) is 6.38. The van der Waals surface area contributed by atoms with Gasteiger partial charge in [0.05, 0.1) is 0 Å². The lowest BCUT2D eigenvalue weighted by Crippen LogP contribution is -2.38. The highest BCUT2D eigenvalue weighted by molar-refractivity contribution is 9.10. The van der Waals surface area contributed by atoms with Crippen LogP contribution in [0.4, 0.5) is 0 Å². The maximum atomic E-state index is 11.8. The molecule has 19 heavy (non-hydrogen) atoms. The van der Waals surface area contributed by atoms with E-state index in [0.717, 1.165) is 10.0 Å². The van der Waals surface area contributed by atoms with Crippen LogP contribution in [0.5, 0.6) is 0 Å². The van der Waals surface area contributed by atoms with Gasteiger partial charge in [0, 0.05) is 23.2 Å². The van der Waals surface area contributed by atoms with Crippen LogP contribution in [-0.4, -0.2) is 23.7 Å². The molecule has 0 heterocycles. The zero-order chi connectivity index (χ0) is 14.3. The first kappa shape index (κ1) is 15.9. The molecule has 1 atom stereocenters. The number of amides is 1. The number of rotatable bonds is 6. The number of hydrogen-bond acceptors (Lipinski definition) is 2. The molecule has 0 bridgehead atoms. The molecule has 0 aliphatic carbocycles. The molecule has 1 aromatic carbocycles. The van der Waals surface area contributed by atoms with Gasteiger partial charge in [-0.1, -0.05) is 41.9 Å². The summed E-state index contributed by atoms with van der Waals surface area (Å²) < 4.78 is 0.982. The lowest BCUT2D eigenvalue weighted by atomic mass is 10.0. The molecule has 0 aliphatic rings. The van der Waals surface area contributed by atoms with Gasteiger partial charge in [0.2, 0.25) is 5.91 Å². The molecule has 3 nitrogen and oxygen atoms in total. The molecule has 1 aromatic rings. The van der Waals surface area contributed by atoms with Crippen LogP contribution < -0.4 is 5.32 Å². The van der Waals surface area contributed by atoms with Crippen LogP contribution >= 0.6 is 15.9 Å². The molecule has 1 unspecified atom stereocenters. The average Bonchev–Trinajstić information content (AvgIpc) is 2.36. The summed E-state index contributed by atoms with van der Waals surface area (Å²) in [6, 6.07) is 7.74. The molecular formula is C15H20BrNO2. The van der Waals surface area contributed by atoms with Crippen molar-refractivity contribution in [3.05, 3.63) is 40.4 Å². The molecule has 1 rings (SSSR count). The maximum absolute atomic E-state index is 11.8. The number of aliphatic hydroxyl groups is 1. The molecule has 0 radical (unpaired) electrons. The highest BCUT2D eigenvalue weighted by Crippen LogP contribution is 2.12. The van der Waals surface area contributed by atoms with Crippen molar-refractivity contribution in [1.82, 2.24) is 5.32 Å². The zero-order valence-electron chi connectivity index (χ0n) is 11.3. The lowest BCUT2D eigenvalue weighted by Gasteiger charge is -2.20. The Kier molecular flexibility index (Phi) is 6.81. The minimum absolute atomic E-state index is 0.00431. The normalized spacial score (nSPS) is 12.9. The minimum atomic E-state index is -0.132. The Bertz CT molecular complexity index is 444. The van der Waals surface area contributed by atoms with Crippen LogP contribution in [0.25, 0.3) is 6.08 Å². The molecule has 0 saturated carbocycles. The van der Waals surface area contributed by atoms with E-state index in [1.807, 2.05) is 38.1 Å². The minimum Gasteiger partial charge on any atom is -0.396 e. The van der Waals surface area contributed by atoms with Crippen LogP contribution in [0.1, 0.15) is 25.8 Å². The van der Waals surface area contributed by atoms with E-state index in [0.29, 0.717) is 12.3 Å². The number of halogens is 1. The van der Waals surface area contributed by atoms with Crippen LogP contribution in [0, 0.1) is 5.92 Å². The van der Waals surface area contributed by atoms with Crippen molar-refractivity contribution < 1.29 is 9.90 Å².